The smallest absolute Gasteiger partial charge is 0.310 e. The highest BCUT2D eigenvalue weighted by Crippen LogP contribution is 2.34. The summed E-state index contributed by atoms with van der Waals surface area (Å²) in [6.45, 7) is 0.645. The zero-order chi connectivity index (χ0) is 15.0. The van der Waals surface area contributed by atoms with Crippen LogP contribution in [0.3, 0.4) is 0 Å². The molecule has 2 saturated heterocycles. The van der Waals surface area contributed by atoms with Crippen LogP contribution >= 0.6 is 0 Å². The van der Waals surface area contributed by atoms with Gasteiger partial charge in [0, 0.05) is 24.7 Å². The first kappa shape index (κ1) is 14.9. The quantitative estimate of drug-likeness (QED) is 0.920. The van der Waals surface area contributed by atoms with Crippen molar-refractivity contribution in [2.45, 2.75) is 56.5 Å². The maximum atomic E-state index is 12.5. The molecule has 2 aliphatic rings. The molecule has 2 atom stereocenters. The van der Waals surface area contributed by atoms with Gasteiger partial charge in [0.15, 0.2) is 0 Å². The summed E-state index contributed by atoms with van der Waals surface area (Å²) in [7, 11) is 2.20. The fourth-order valence-corrected chi connectivity index (χ4v) is 3.65. The Morgan fingerprint density at radius 3 is 2.19 bits per heavy atom. The minimum Gasteiger partial charge on any atom is -0.310 e. The number of hydrogen-bond acceptors (Lipinski definition) is 2. The van der Waals surface area contributed by atoms with E-state index >= 15 is 0 Å². The van der Waals surface area contributed by atoms with Crippen molar-refractivity contribution in [2.24, 2.45) is 0 Å². The second kappa shape index (κ2) is 5.61. The summed E-state index contributed by atoms with van der Waals surface area (Å²) in [5.41, 5.74) is 0.331. The van der Waals surface area contributed by atoms with Gasteiger partial charge in [-0.2, -0.15) is 13.2 Å². The first-order valence-electron chi connectivity index (χ1n) is 7.55. The van der Waals surface area contributed by atoms with Gasteiger partial charge in [-0.05, 0) is 50.4 Å². The largest absolute Gasteiger partial charge is 0.416 e. The SMILES string of the molecule is CN1C2CCC1CC(NCc1ccc(C(F)(F)F)cc1)C2. The molecule has 2 bridgehead atoms. The normalized spacial score (nSPS) is 29.8. The molecule has 2 heterocycles. The minimum atomic E-state index is -4.25. The van der Waals surface area contributed by atoms with Gasteiger partial charge in [0.05, 0.1) is 5.56 Å². The lowest BCUT2D eigenvalue weighted by Crippen LogP contribution is -2.46. The van der Waals surface area contributed by atoms with Crippen molar-refractivity contribution in [1.82, 2.24) is 10.2 Å². The van der Waals surface area contributed by atoms with Gasteiger partial charge in [-0.1, -0.05) is 12.1 Å². The summed E-state index contributed by atoms with van der Waals surface area (Å²) in [4.78, 5) is 2.48. The molecule has 0 saturated carbocycles. The zero-order valence-electron chi connectivity index (χ0n) is 12.2. The van der Waals surface area contributed by atoms with Gasteiger partial charge in [0.25, 0.3) is 0 Å². The molecular formula is C16H21F3N2. The first-order chi connectivity index (χ1) is 9.93. The lowest BCUT2D eigenvalue weighted by atomic mass is 9.97. The molecule has 1 aromatic carbocycles. The van der Waals surface area contributed by atoms with Gasteiger partial charge in [0.2, 0.25) is 0 Å². The van der Waals surface area contributed by atoms with E-state index in [4.69, 9.17) is 0 Å². The average molecular weight is 298 g/mol. The Balaban J connectivity index is 1.54. The van der Waals surface area contributed by atoms with Crippen LogP contribution in [0.15, 0.2) is 24.3 Å². The lowest BCUT2D eigenvalue weighted by molar-refractivity contribution is -0.137. The molecule has 2 fully saturated rings. The monoisotopic (exact) mass is 298 g/mol. The second-order valence-corrected chi connectivity index (χ2v) is 6.29. The lowest BCUT2D eigenvalue weighted by Gasteiger charge is -2.36. The van der Waals surface area contributed by atoms with Gasteiger partial charge in [0.1, 0.15) is 0 Å². The summed E-state index contributed by atoms with van der Waals surface area (Å²) in [6, 6.07) is 7.30. The van der Waals surface area contributed by atoms with Crippen LogP contribution in [0, 0.1) is 0 Å². The fourth-order valence-electron chi connectivity index (χ4n) is 3.65. The van der Waals surface area contributed by atoms with Crippen molar-refractivity contribution >= 4 is 0 Å². The maximum absolute atomic E-state index is 12.5. The number of halogens is 3. The van der Waals surface area contributed by atoms with Gasteiger partial charge in [-0.15, -0.1) is 0 Å². The number of rotatable bonds is 3. The third-order valence-corrected chi connectivity index (χ3v) is 4.97. The number of fused-ring (bicyclic) bond motifs is 2. The Kier molecular flexibility index (Phi) is 3.97. The second-order valence-electron chi connectivity index (χ2n) is 6.29. The molecular weight excluding hydrogens is 277 g/mol. The Bertz CT molecular complexity index is 469. The fraction of sp³-hybridized carbons (Fsp3) is 0.625. The van der Waals surface area contributed by atoms with E-state index in [1.807, 2.05) is 0 Å². The number of nitrogens with zero attached hydrogens (tertiary/aromatic N) is 1. The molecule has 0 amide bonds. The predicted molar refractivity (Wildman–Crippen MR) is 75.9 cm³/mol. The van der Waals surface area contributed by atoms with Crippen LogP contribution in [0.2, 0.25) is 0 Å². The van der Waals surface area contributed by atoms with Crippen molar-refractivity contribution in [3.63, 3.8) is 0 Å². The van der Waals surface area contributed by atoms with Crippen LogP contribution < -0.4 is 5.32 Å². The number of benzene rings is 1. The summed E-state index contributed by atoms with van der Waals surface area (Å²) >= 11 is 0. The molecule has 0 radical (unpaired) electrons. The number of nitrogens with one attached hydrogen (secondary N) is 1. The number of hydrogen-bond donors (Lipinski definition) is 1. The number of piperidine rings is 1. The van der Waals surface area contributed by atoms with E-state index in [9.17, 15) is 13.2 Å². The van der Waals surface area contributed by atoms with Gasteiger partial charge in [-0.3, -0.25) is 0 Å². The topological polar surface area (TPSA) is 15.3 Å². The van der Waals surface area contributed by atoms with E-state index in [2.05, 4.69) is 17.3 Å². The highest BCUT2D eigenvalue weighted by molar-refractivity contribution is 5.24. The average Bonchev–Trinajstić information content (AvgIpc) is 2.66. The molecule has 2 nitrogen and oxygen atoms in total. The van der Waals surface area contributed by atoms with Gasteiger partial charge >= 0.3 is 6.18 Å². The van der Waals surface area contributed by atoms with E-state index < -0.39 is 11.7 Å². The molecule has 116 valence electrons. The molecule has 0 aliphatic carbocycles. The van der Waals surface area contributed by atoms with Crippen LogP contribution in [0.4, 0.5) is 13.2 Å². The van der Waals surface area contributed by atoms with E-state index in [-0.39, 0.29) is 0 Å². The molecule has 2 aliphatic heterocycles. The summed E-state index contributed by atoms with van der Waals surface area (Å²) < 4.78 is 37.5. The molecule has 5 heteroatoms. The van der Waals surface area contributed by atoms with Crippen molar-refractivity contribution in [1.29, 1.82) is 0 Å². The molecule has 1 N–H and O–H groups in total. The third kappa shape index (κ3) is 3.24. The summed E-state index contributed by atoms with van der Waals surface area (Å²) in [6.07, 6.45) is 0.597. The van der Waals surface area contributed by atoms with Crippen LogP contribution in [0.5, 0.6) is 0 Å². The van der Waals surface area contributed by atoms with Crippen molar-refractivity contribution in [3.05, 3.63) is 35.4 Å². The van der Waals surface area contributed by atoms with Crippen molar-refractivity contribution in [3.8, 4) is 0 Å². The highest BCUT2D eigenvalue weighted by atomic mass is 19.4. The van der Waals surface area contributed by atoms with Crippen LogP contribution in [-0.2, 0) is 12.7 Å². The molecule has 0 aromatic heterocycles. The maximum Gasteiger partial charge on any atom is 0.416 e. The van der Waals surface area contributed by atoms with Crippen LogP contribution in [0.25, 0.3) is 0 Å². The molecule has 0 spiro atoms. The third-order valence-electron chi connectivity index (χ3n) is 4.97. The Morgan fingerprint density at radius 2 is 1.67 bits per heavy atom. The Labute approximate surface area is 123 Å². The first-order valence-corrected chi connectivity index (χ1v) is 7.55. The Hall–Kier alpha value is -1.07. The molecule has 1 aromatic rings. The number of alkyl halides is 3. The summed E-state index contributed by atoms with van der Waals surface area (Å²) in [5, 5.41) is 3.51. The van der Waals surface area contributed by atoms with E-state index in [1.54, 1.807) is 12.1 Å². The molecule has 21 heavy (non-hydrogen) atoms. The van der Waals surface area contributed by atoms with Gasteiger partial charge < -0.3 is 10.2 Å². The van der Waals surface area contributed by atoms with Crippen molar-refractivity contribution in [2.75, 3.05) is 7.05 Å². The van der Waals surface area contributed by atoms with E-state index in [1.165, 1.54) is 12.8 Å². The van der Waals surface area contributed by atoms with E-state index in [0.29, 0.717) is 24.7 Å². The minimum absolute atomic E-state index is 0.487. The van der Waals surface area contributed by atoms with Crippen LogP contribution in [0.1, 0.15) is 36.8 Å². The predicted octanol–water partition coefficient (Wildman–Crippen LogP) is 3.42. The zero-order valence-corrected chi connectivity index (χ0v) is 12.2. The summed E-state index contributed by atoms with van der Waals surface area (Å²) in [5.74, 6) is 0. The van der Waals surface area contributed by atoms with Crippen molar-refractivity contribution < 1.29 is 13.2 Å². The standard InChI is InChI=1S/C16H21F3N2/c1-21-14-6-7-15(21)9-13(8-14)20-10-11-2-4-12(5-3-11)16(17,18)19/h2-5,13-15,20H,6-10H2,1H3. The molecule has 3 rings (SSSR count). The van der Waals surface area contributed by atoms with E-state index in [0.717, 1.165) is 30.5 Å². The molecule has 2 unspecified atom stereocenters. The Morgan fingerprint density at radius 1 is 1.10 bits per heavy atom. The highest BCUT2D eigenvalue weighted by Gasteiger charge is 2.38. The van der Waals surface area contributed by atoms with Gasteiger partial charge in [-0.25, -0.2) is 0 Å². The van der Waals surface area contributed by atoms with Crippen LogP contribution in [-0.4, -0.2) is 30.1 Å².